The van der Waals surface area contributed by atoms with Gasteiger partial charge in [-0.25, -0.2) is 10.5 Å². The fourth-order valence-electron chi connectivity index (χ4n) is 5.02. The van der Waals surface area contributed by atoms with Crippen molar-refractivity contribution in [3.05, 3.63) is 113 Å². The molecule has 0 saturated carbocycles. The Morgan fingerprint density at radius 2 is 1.31 bits per heavy atom. The fraction of sp³-hybridized carbons (Fsp3) is 0.0294. The molecule has 0 aliphatic rings. The molecule has 0 aliphatic carbocycles. The van der Waals surface area contributed by atoms with E-state index in [1.165, 1.54) is 61.5 Å². The van der Waals surface area contributed by atoms with Gasteiger partial charge < -0.3 is 50.7 Å². The smallest absolute Gasteiger partial charge is 0.545 e. The van der Waals surface area contributed by atoms with Gasteiger partial charge in [-0.2, -0.15) is 30.1 Å². The molecular weight excluding hydrogens is 746 g/mol. The van der Waals surface area contributed by atoms with Crippen molar-refractivity contribution < 1.29 is 115 Å². The molecule has 0 atom stereocenters. The van der Waals surface area contributed by atoms with E-state index in [4.69, 9.17) is 11.6 Å². The summed E-state index contributed by atoms with van der Waals surface area (Å²) in [5.74, 6) is -0.105. The van der Waals surface area contributed by atoms with Gasteiger partial charge in [0, 0.05) is 11.8 Å². The third-order valence-electron chi connectivity index (χ3n) is 7.72. The molecule has 0 radical (unpaired) electrons. The van der Waals surface area contributed by atoms with E-state index in [2.05, 4.69) is 35.7 Å². The predicted octanol–water partition coefficient (Wildman–Crippen LogP) is -12.7. The Balaban J connectivity index is 0.00000300. The minimum Gasteiger partial charge on any atom is -0.545 e. The number of aromatic nitrogens is 6. The second-order valence-electron chi connectivity index (χ2n) is 11.3. The molecule has 6 aromatic rings. The molecule has 0 aliphatic heterocycles. The van der Waals surface area contributed by atoms with E-state index < -0.39 is 35.0 Å². The minimum atomic E-state index is -1.68. The van der Waals surface area contributed by atoms with Crippen molar-refractivity contribution >= 4 is 64.2 Å². The first-order chi connectivity index (χ1) is 26.2. The summed E-state index contributed by atoms with van der Waals surface area (Å²) in [6.45, 7) is 1.52. The molecule has 25 heteroatoms. The van der Waals surface area contributed by atoms with E-state index in [9.17, 15) is 44.9 Å². The zero-order valence-electron chi connectivity index (χ0n) is 31.9. The summed E-state index contributed by atoms with van der Waals surface area (Å²) < 4.78 is 2.08. The van der Waals surface area contributed by atoms with Crippen molar-refractivity contribution in [1.82, 2.24) is 29.5 Å². The summed E-state index contributed by atoms with van der Waals surface area (Å²) in [6.07, 6.45) is 1.10. The molecule has 0 spiro atoms. The maximum Gasteiger partial charge on any atom is 1.00 e. The van der Waals surface area contributed by atoms with Gasteiger partial charge in [0.2, 0.25) is 0 Å². The van der Waals surface area contributed by atoms with E-state index in [-0.39, 0.29) is 138 Å². The van der Waals surface area contributed by atoms with Gasteiger partial charge in [0.25, 0.3) is 5.95 Å². The molecular formula is C34H21Li4N13O8. The molecule has 0 unspecified atom stereocenters. The average molecular weight is 767 g/mol. The molecule has 3 aromatic heterocycles. The molecule has 274 valence electrons. The standard InChI is InChI=1S/C34H25N13O8.4Li/c1-16-27(42-43-29-21(14-35)15-38-46(29)24-11-19(32(52)53)10-20(12-24)33(54)55)28(36)47(44-16)34-40-25(39-22-6-2-17(3-7-22)30(48)49)13-26(41-34)45(37)23-8-4-18(5-9-23)31(50)51;;;;/h2-13,15H,36-37H2,1H3,(H,48,49)(H,50,51)(H,52,53)(H,54,55)(H,39,40,41);;;;/q;4*+1/p-4. The zero-order chi connectivity index (χ0) is 39.6. The van der Waals surface area contributed by atoms with Crippen LogP contribution < -0.4 is 118 Å². The van der Waals surface area contributed by atoms with Crippen LogP contribution in [0.2, 0.25) is 0 Å². The number of aryl methyl sites for hydroxylation is 1. The molecule has 0 saturated heterocycles. The summed E-state index contributed by atoms with van der Waals surface area (Å²) in [5.41, 5.74) is 5.93. The van der Waals surface area contributed by atoms with Crippen LogP contribution in [0.5, 0.6) is 0 Å². The van der Waals surface area contributed by atoms with Gasteiger partial charge in [0.05, 0.1) is 47.1 Å². The third kappa shape index (κ3) is 10.7. The molecule has 0 amide bonds. The monoisotopic (exact) mass is 767 g/mol. The summed E-state index contributed by atoms with van der Waals surface area (Å²) in [4.78, 5) is 54.6. The predicted molar refractivity (Wildman–Crippen MR) is 181 cm³/mol. The second kappa shape index (κ2) is 20.5. The number of nitrogens with zero attached hydrogens (tertiary/aromatic N) is 10. The molecule has 59 heavy (non-hydrogen) atoms. The maximum absolute atomic E-state index is 11.6. The Morgan fingerprint density at radius 1 is 0.763 bits per heavy atom. The maximum atomic E-state index is 11.6. The SMILES string of the molecule is Cc1nn(-c2nc(Nc3ccc(C(=O)[O-])cc3)cc(N(N)c3ccc(C(=O)[O-])cc3)n2)c(N)c1N=Nc1c(C#N)cnn1-c1cc(C(=O)[O-])cc(C(=O)[O-])c1.[Li+].[Li+].[Li+].[Li+]. The Morgan fingerprint density at radius 3 is 1.83 bits per heavy atom. The quantitative estimate of drug-likeness (QED) is 0.0450. The van der Waals surface area contributed by atoms with Gasteiger partial charge in [0.1, 0.15) is 17.5 Å². The number of nitrogens with one attached hydrogen (secondary N) is 1. The number of nitrogen functional groups attached to an aromatic ring is 1. The van der Waals surface area contributed by atoms with E-state index in [1.54, 1.807) is 0 Å². The van der Waals surface area contributed by atoms with E-state index in [0.29, 0.717) is 11.4 Å². The number of carboxylic acids is 4. The fourth-order valence-corrected chi connectivity index (χ4v) is 5.02. The molecule has 6 rings (SSSR count). The first-order valence-electron chi connectivity index (χ1n) is 15.4. The van der Waals surface area contributed by atoms with Crippen LogP contribution in [0, 0.1) is 18.3 Å². The van der Waals surface area contributed by atoms with Crippen molar-refractivity contribution in [2.45, 2.75) is 6.92 Å². The molecule has 0 bridgehead atoms. The summed E-state index contributed by atoms with van der Waals surface area (Å²) >= 11 is 0. The molecule has 3 heterocycles. The van der Waals surface area contributed by atoms with Crippen LogP contribution in [0.15, 0.2) is 89.2 Å². The number of carbonyl (C=O) groups is 4. The molecule has 3 aromatic carbocycles. The number of azo groups is 1. The van der Waals surface area contributed by atoms with Crippen molar-refractivity contribution in [1.29, 1.82) is 5.26 Å². The normalized spacial score (nSPS) is 10.2. The molecule has 5 N–H and O–H groups in total. The topological polar surface area (TPSA) is 338 Å². The number of carbonyl (C=O) groups excluding carboxylic acids is 4. The second-order valence-corrected chi connectivity index (χ2v) is 11.3. The number of carboxylic acid groups (broad SMARTS) is 4. The van der Waals surface area contributed by atoms with Gasteiger partial charge in [0.15, 0.2) is 23.1 Å². The Hall–Kier alpha value is -6.12. The van der Waals surface area contributed by atoms with Crippen molar-refractivity contribution in [3.63, 3.8) is 0 Å². The number of nitrogens with two attached hydrogens (primary N) is 2. The minimum absolute atomic E-state index is 0. The van der Waals surface area contributed by atoms with Gasteiger partial charge in [-0.1, -0.05) is 24.3 Å². The number of hydrogen-bond donors (Lipinski definition) is 3. The largest absolute Gasteiger partial charge is 1.00 e. The zero-order valence-corrected chi connectivity index (χ0v) is 31.9. The third-order valence-corrected chi connectivity index (χ3v) is 7.72. The number of hydrogen-bond acceptors (Lipinski definition) is 19. The number of aromatic carboxylic acids is 4. The van der Waals surface area contributed by atoms with Crippen LogP contribution in [-0.2, 0) is 0 Å². The van der Waals surface area contributed by atoms with Gasteiger partial charge in [-0.3, -0.25) is 5.01 Å². The van der Waals surface area contributed by atoms with Crippen LogP contribution in [0.25, 0.3) is 11.6 Å². The number of benzene rings is 3. The van der Waals surface area contributed by atoms with Crippen molar-refractivity contribution in [2.24, 2.45) is 16.1 Å². The van der Waals surface area contributed by atoms with Gasteiger partial charge >= 0.3 is 75.4 Å². The van der Waals surface area contributed by atoms with Crippen LogP contribution in [0.1, 0.15) is 52.7 Å². The summed E-state index contributed by atoms with van der Waals surface area (Å²) in [6, 6.07) is 17.2. The first kappa shape index (κ1) is 49.0. The molecule has 0 fully saturated rings. The van der Waals surface area contributed by atoms with Gasteiger partial charge in [-0.15, -0.1) is 10.2 Å². The van der Waals surface area contributed by atoms with Crippen LogP contribution in [0.3, 0.4) is 0 Å². The van der Waals surface area contributed by atoms with E-state index >= 15 is 0 Å². The summed E-state index contributed by atoms with van der Waals surface area (Å²) in [7, 11) is 0. The number of hydrazine groups is 1. The van der Waals surface area contributed by atoms with Crippen LogP contribution >= 0.6 is 0 Å². The Kier molecular flexibility index (Phi) is 17.1. The summed E-state index contributed by atoms with van der Waals surface area (Å²) in [5, 5.41) is 76.3. The van der Waals surface area contributed by atoms with E-state index in [0.717, 1.165) is 38.8 Å². The number of anilines is 5. The average Bonchev–Trinajstić information content (AvgIpc) is 3.72. The van der Waals surface area contributed by atoms with Crippen molar-refractivity contribution in [2.75, 3.05) is 16.1 Å². The van der Waals surface area contributed by atoms with Crippen molar-refractivity contribution in [3.8, 4) is 17.7 Å². The first-order valence-corrected chi connectivity index (χ1v) is 15.4. The van der Waals surface area contributed by atoms with Gasteiger partial charge in [-0.05, 0) is 71.6 Å². The van der Waals surface area contributed by atoms with E-state index in [1.807, 2.05) is 6.07 Å². The van der Waals surface area contributed by atoms with Crippen LogP contribution in [-0.4, -0.2) is 53.4 Å². The van der Waals surface area contributed by atoms with Crippen LogP contribution in [0.4, 0.5) is 40.3 Å². The molecule has 21 nitrogen and oxygen atoms in total. The number of nitriles is 1. The Bertz CT molecular complexity index is 2580. The number of rotatable bonds is 12. The Labute approximate surface area is 380 Å².